The lowest BCUT2D eigenvalue weighted by Gasteiger charge is -2.33. The number of thioether (sulfide) groups is 1. The van der Waals surface area contributed by atoms with E-state index in [1.807, 2.05) is 84.9 Å². The molecule has 3 aromatic carbocycles. The van der Waals surface area contributed by atoms with E-state index < -0.39 is 5.25 Å². The standard InChI is InChI=1S/C25H23N5O3S/c1-32-19-14-12-17(13-15-19)22-23(24(31)26-18-8-4-2-5-9-18)34-25-28-27-21(30(25)29-22)16-33-20-10-6-3-7-11-20/h2-15,22-23,29H,16H2,1H3,(H,26,31). The summed E-state index contributed by atoms with van der Waals surface area (Å²) in [6.07, 6.45) is 0. The van der Waals surface area contributed by atoms with Crippen molar-refractivity contribution in [3.05, 3.63) is 96.3 Å². The lowest BCUT2D eigenvalue weighted by Crippen LogP contribution is -2.41. The molecule has 5 rings (SSSR count). The molecule has 1 aromatic heterocycles. The van der Waals surface area contributed by atoms with Gasteiger partial charge in [0, 0.05) is 5.69 Å². The van der Waals surface area contributed by atoms with Crippen LogP contribution in [-0.2, 0) is 11.4 Å². The number of methoxy groups -OCH3 is 1. The highest BCUT2D eigenvalue weighted by molar-refractivity contribution is 8.00. The lowest BCUT2D eigenvalue weighted by atomic mass is 10.0. The maximum atomic E-state index is 13.3. The van der Waals surface area contributed by atoms with Crippen LogP contribution < -0.4 is 20.2 Å². The molecule has 9 heteroatoms. The molecule has 0 aliphatic carbocycles. The number of nitrogens with zero attached hydrogens (tertiary/aromatic N) is 3. The van der Waals surface area contributed by atoms with E-state index in [0.717, 1.165) is 22.7 Å². The minimum atomic E-state index is -0.479. The van der Waals surface area contributed by atoms with Gasteiger partial charge in [-0.25, -0.2) is 4.68 Å². The Kier molecular flexibility index (Phi) is 6.35. The number of nitrogens with one attached hydrogen (secondary N) is 2. The zero-order chi connectivity index (χ0) is 23.3. The number of amides is 1. The third-order valence-electron chi connectivity index (χ3n) is 5.39. The molecule has 0 bridgehead atoms. The molecule has 1 aliphatic heterocycles. The smallest absolute Gasteiger partial charge is 0.240 e. The lowest BCUT2D eigenvalue weighted by molar-refractivity contribution is -0.116. The first-order valence-electron chi connectivity index (χ1n) is 10.8. The SMILES string of the molecule is COc1ccc(C2Nn3c(COc4ccccc4)nnc3SC2C(=O)Nc2ccccc2)cc1. The highest BCUT2D eigenvalue weighted by atomic mass is 32.2. The molecule has 1 amide bonds. The molecule has 2 N–H and O–H groups in total. The summed E-state index contributed by atoms with van der Waals surface area (Å²) in [5.41, 5.74) is 5.12. The van der Waals surface area contributed by atoms with Crippen molar-refractivity contribution in [3.8, 4) is 11.5 Å². The maximum absolute atomic E-state index is 13.3. The quantitative estimate of drug-likeness (QED) is 0.414. The van der Waals surface area contributed by atoms with E-state index in [1.165, 1.54) is 11.8 Å². The van der Waals surface area contributed by atoms with Crippen molar-refractivity contribution in [2.75, 3.05) is 17.9 Å². The molecular weight excluding hydrogens is 450 g/mol. The van der Waals surface area contributed by atoms with Crippen LogP contribution in [0.1, 0.15) is 17.4 Å². The number of para-hydroxylation sites is 2. The van der Waals surface area contributed by atoms with Crippen molar-refractivity contribution in [1.29, 1.82) is 0 Å². The summed E-state index contributed by atoms with van der Waals surface area (Å²) in [5, 5.41) is 11.7. The van der Waals surface area contributed by atoms with Crippen LogP contribution in [0, 0.1) is 0 Å². The van der Waals surface area contributed by atoms with Crippen LogP contribution in [0.4, 0.5) is 5.69 Å². The molecule has 0 radical (unpaired) electrons. The van der Waals surface area contributed by atoms with E-state index in [-0.39, 0.29) is 18.6 Å². The summed E-state index contributed by atoms with van der Waals surface area (Å²) < 4.78 is 13.0. The van der Waals surface area contributed by atoms with Gasteiger partial charge in [0.1, 0.15) is 23.4 Å². The van der Waals surface area contributed by atoms with Gasteiger partial charge in [-0.05, 0) is 42.0 Å². The number of rotatable bonds is 7. The zero-order valence-electron chi connectivity index (χ0n) is 18.4. The van der Waals surface area contributed by atoms with Crippen LogP contribution in [0.2, 0.25) is 0 Å². The predicted molar refractivity (Wildman–Crippen MR) is 131 cm³/mol. The molecule has 1 aliphatic rings. The van der Waals surface area contributed by atoms with Crippen molar-refractivity contribution >= 4 is 23.4 Å². The number of carbonyl (C=O) groups is 1. The first kappa shape index (κ1) is 21.8. The van der Waals surface area contributed by atoms with Gasteiger partial charge in [0.05, 0.1) is 13.2 Å². The Bertz CT molecular complexity index is 1250. The third-order valence-corrected chi connectivity index (χ3v) is 6.60. The fourth-order valence-electron chi connectivity index (χ4n) is 3.65. The van der Waals surface area contributed by atoms with E-state index in [4.69, 9.17) is 9.47 Å². The Labute approximate surface area is 201 Å². The summed E-state index contributed by atoms with van der Waals surface area (Å²) in [4.78, 5) is 13.3. The second kappa shape index (κ2) is 9.88. The van der Waals surface area contributed by atoms with Crippen molar-refractivity contribution in [1.82, 2.24) is 14.9 Å². The largest absolute Gasteiger partial charge is 0.497 e. The van der Waals surface area contributed by atoms with Crippen LogP contribution in [0.3, 0.4) is 0 Å². The number of benzene rings is 3. The van der Waals surface area contributed by atoms with E-state index in [9.17, 15) is 4.79 Å². The summed E-state index contributed by atoms with van der Waals surface area (Å²) >= 11 is 1.37. The molecule has 0 spiro atoms. The van der Waals surface area contributed by atoms with Gasteiger partial charge in [-0.1, -0.05) is 60.3 Å². The molecule has 0 fully saturated rings. The summed E-state index contributed by atoms with van der Waals surface area (Å²) in [7, 11) is 1.63. The van der Waals surface area contributed by atoms with Crippen molar-refractivity contribution in [3.63, 3.8) is 0 Å². The van der Waals surface area contributed by atoms with E-state index in [0.29, 0.717) is 11.0 Å². The van der Waals surface area contributed by atoms with Gasteiger partial charge >= 0.3 is 0 Å². The molecule has 2 heterocycles. The van der Waals surface area contributed by atoms with Crippen LogP contribution in [0.5, 0.6) is 11.5 Å². The van der Waals surface area contributed by atoms with Gasteiger partial charge in [-0.3, -0.25) is 4.79 Å². The van der Waals surface area contributed by atoms with Gasteiger partial charge in [0.2, 0.25) is 11.1 Å². The minimum absolute atomic E-state index is 0.124. The molecule has 172 valence electrons. The highest BCUT2D eigenvalue weighted by Gasteiger charge is 2.38. The number of anilines is 1. The molecule has 8 nitrogen and oxygen atoms in total. The predicted octanol–water partition coefficient (Wildman–Crippen LogP) is 4.26. The average molecular weight is 474 g/mol. The number of aromatic nitrogens is 3. The second-order valence-corrected chi connectivity index (χ2v) is 8.72. The highest BCUT2D eigenvalue weighted by Crippen LogP contribution is 2.38. The molecule has 34 heavy (non-hydrogen) atoms. The molecule has 2 unspecified atom stereocenters. The van der Waals surface area contributed by atoms with Crippen molar-refractivity contribution in [2.45, 2.75) is 23.1 Å². The summed E-state index contributed by atoms with van der Waals surface area (Å²) in [5.74, 6) is 1.99. The zero-order valence-corrected chi connectivity index (χ0v) is 19.2. The Morgan fingerprint density at radius 1 is 0.971 bits per heavy atom. The Hall–Kier alpha value is -3.98. The fraction of sp³-hybridized carbons (Fsp3) is 0.160. The van der Waals surface area contributed by atoms with Crippen LogP contribution in [0.25, 0.3) is 0 Å². The number of hydrogen-bond acceptors (Lipinski definition) is 7. The van der Waals surface area contributed by atoms with Crippen LogP contribution >= 0.6 is 11.8 Å². The number of ether oxygens (including phenoxy) is 2. The summed E-state index contributed by atoms with van der Waals surface area (Å²) in [6.45, 7) is 0.237. The van der Waals surface area contributed by atoms with Gasteiger partial charge in [-0.2, -0.15) is 0 Å². The summed E-state index contributed by atoms with van der Waals surface area (Å²) in [6, 6.07) is 26.3. The van der Waals surface area contributed by atoms with Crippen molar-refractivity contribution < 1.29 is 14.3 Å². The molecule has 0 saturated carbocycles. The number of carbonyl (C=O) groups excluding carboxylic acids is 1. The first-order valence-corrected chi connectivity index (χ1v) is 11.6. The second-order valence-electron chi connectivity index (χ2n) is 7.61. The third kappa shape index (κ3) is 4.69. The average Bonchev–Trinajstić information content (AvgIpc) is 3.30. The molecular formula is C25H23N5O3S. The van der Waals surface area contributed by atoms with Gasteiger partial charge in [-0.15, -0.1) is 10.2 Å². The first-order chi connectivity index (χ1) is 16.7. The van der Waals surface area contributed by atoms with E-state index in [2.05, 4.69) is 20.9 Å². The molecule has 2 atom stereocenters. The number of hydrogen-bond donors (Lipinski definition) is 2. The monoisotopic (exact) mass is 473 g/mol. The van der Waals surface area contributed by atoms with Gasteiger partial charge in [0.15, 0.2) is 5.82 Å². The Morgan fingerprint density at radius 3 is 2.38 bits per heavy atom. The Balaban J connectivity index is 1.42. The van der Waals surface area contributed by atoms with Crippen LogP contribution in [-0.4, -0.2) is 33.1 Å². The van der Waals surface area contributed by atoms with Gasteiger partial charge < -0.3 is 20.2 Å². The van der Waals surface area contributed by atoms with Crippen LogP contribution in [0.15, 0.2) is 90.1 Å². The normalized spacial score (nSPS) is 16.7. The molecule has 0 saturated heterocycles. The Morgan fingerprint density at radius 2 is 1.68 bits per heavy atom. The topological polar surface area (TPSA) is 90.3 Å². The number of fused-ring (bicyclic) bond motifs is 1. The van der Waals surface area contributed by atoms with E-state index in [1.54, 1.807) is 11.8 Å². The fourth-order valence-corrected chi connectivity index (χ4v) is 4.75. The minimum Gasteiger partial charge on any atom is -0.497 e. The van der Waals surface area contributed by atoms with Crippen molar-refractivity contribution in [2.24, 2.45) is 0 Å². The van der Waals surface area contributed by atoms with Gasteiger partial charge in [0.25, 0.3) is 0 Å². The maximum Gasteiger partial charge on any atom is 0.240 e. The van der Waals surface area contributed by atoms with E-state index >= 15 is 0 Å². The molecule has 4 aromatic rings.